The zero-order valence-electron chi connectivity index (χ0n) is 8.44. The molecule has 0 aliphatic heterocycles. The van der Waals surface area contributed by atoms with Crippen molar-refractivity contribution in [2.24, 2.45) is 5.92 Å². The molecule has 0 saturated heterocycles. The van der Waals surface area contributed by atoms with Crippen LogP contribution in [-0.4, -0.2) is 17.6 Å². The molecule has 2 atom stereocenters. The van der Waals surface area contributed by atoms with E-state index in [9.17, 15) is 9.18 Å². The number of ether oxygens (including phenoxy) is 1. The summed E-state index contributed by atoms with van der Waals surface area (Å²) in [6, 6.07) is 3.35. The minimum Gasteiger partial charge on any atom is -0.466 e. The maximum atomic E-state index is 13.2. The molecular weight excluding hydrogens is 197 g/mol. The number of nitrogens with zero attached hydrogens (tertiary/aromatic N) is 1. The summed E-state index contributed by atoms with van der Waals surface area (Å²) in [5.74, 6) is -0.929. The zero-order chi connectivity index (χ0) is 10.8. The Balaban J connectivity index is 2.05. The minimum absolute atomic E-state index is 0.0438. The van der Waals surface area contributed by atoms with Crippen molar-refractivity contribution in [3.05, 3.63) is 29.8 Å². The van der Waals surface area contributed by atoms with Gasteiger partial charge in [-0.2, -0.15) is 4.39 Å². The maximum absolute atomic E-state index is 13.2. The summed E-state index contributed by atoms with van der Waals surface area (Å²) in [7, 11) is 0. The second-order valence-electron chi connectivity index (χ2n) is 3.58. The third-order valence-electron chi connectivity index (χ3n) is 2.57. The summed E-state index contributed by atoms with van der Waals surface area (Å²) in [6.45, 7) is 2.14. The Morgan fingerprint density at radius 2 is 2.53 bits per heavy atom. The third-order valence-corrected chi connectivity index (χ3v) is 2.57. The molecule has 0 aromatic carbocycles. The van der Waals surface area contributed by atoms with E-state index < -0.39 is 5.95 Å². The Hall–Kier alpha value is -1.45. The van der Waals surface area contributed by atoms with E-state index in [1.165, 1.54) is 6.20 Å². The highest BCUT2D eigenvalue weighted by Gasteiger charge is 2.46. The number of pyridine rings is 1. The molecule has 0 spiro atoms. The van der Waals surface area contributed by atoms with E-state index >= 15 is 0 Å². The average molecular weight is 209 g/mol. The first-order valence-corrected chi connectivity index (χ1v) is 5.01. The zero-order valence-corrected chi connectivity index (χ0v) is 8.44. The van der Waals surface area contributed by atoms with Crippen molar-refractivity contribution in [1.29, 1.82) is 0 Å². The van der Waals surface area contributed by atoms with Gasteiger partial charge in [0.05, 0.1) is 12.5 Å². The lowest BCUT2D eigenvalue weighted by atomic mass is 10.1. The Bertz CT molecular complexity index is 381. The molecule has 1 aliphatic rings. The Morgan fingerprint density at radius 3 is 3.20 bits per heavy atom. The number of esters is 1. The Labute approximate surface area is 87.3 Å². The second-order valence-corrected chi connectivity index (χ2v) is 3.58. The highest BCUT2D eigenvalue weighted by Crippen LogP contribution is 2.48. The molecular formula is C11H12FNO2. The third kappa shape index (κ3) is 1.98. The SMILES string of the molecule is CCOC(=O)[C@@H]1C[C@H]1c1cccnc1F. The van der Waals surface area contributed by atoms with Crippen molar-refractivity contribution in [1.82, 2.24) is 4.98 Å². The normalized spacial score (nSPS) is 23.6. The average Bonchev–Trinajstić information content (AvgIpc) is 2.98. The molecule has 1 aromatic heterocycles. The molecule has 0 amide bonds. The standard InChI is InChI=1S/C11H12FNO2/c1-2-15-11(14)9-6-8(9)7-4-3-5-13-10(7)12/h3-5,8-9H,2,6H2,1H3/t8-,9+/m0/s1. The monoisotopic (exact) mass is 209 g/mol. The van der Waals surface area contributed by atoms with E-state index in [0.717, 1.165) is 0 Å². The van der Waals surface area contributed by atoms with Gasteiger partial charge in [0.2, 0.25) is 5.95 Å². The van der Waals surface area contributed by atoms with Crippen molar-refractivity contribution < 1.29 is 13.9 Å². The predicted octanol–water partition coefficient (Wildman–Crippen LogP) is 1.89. The summed E-state index contributed by atoms with van der Waals surface area (Å²) in [6.07, 6.45) is 2.07. The quantitative estimate of drug-likeness (QED) is 0.563. The number of halogens is 1. The summed E-state index contributed by atoms with van der Waals surface area (Å²) >= 11 is 0. The summed E-state index contributed by atoms with van der Waals surface area (Å²) in [5, 5.41) is 0. The van der Waals surface area contributed by atoms with Gasteiger partial charge in [-0.25, -0.2) is 4.98 Å². The topological polar surface area (TPSA) is 39.2 Å². The number of carbonyl (C=O) groups is 1. The van der Waals surface area contributed by atoms with Gasteiger partial charge < -0.3 is 4.74 Å². The van der Waals surface area contributed by atoms with Gasteiger partial charge in [0.25, 0.3) is 0 Å². The second kappa shape index (κ2) is 3.96. The van der Waals surface area contributed by atoms with Crippen LogP contribution in [0.4, 0.5) is 4.39 Å². The van der Waals surface area contributed by atoms with Crippen LogP contribution in [0.15, 0.2) is 18.3 Å². The van der Waals surface area contributed by atoms with Crippen LogP contribution in [0.5, 0.6) is 0 Å². The molecule has 15 heavy (non-hydrogen) atoms. The Morgan fingerprint density at radius 1 is 1.73 bits per heavy atom. The van der Waals surface area contributed by atoms with Crippen LogP contribution < -0.4 is 0 Å². The first-order chi connectivity index (χ1) is 7.24. The van der Waals surface area contributed by atoms with Gasteiger partial charge in [-0.3, -0.25) is 4.79 Å². The van der Waals surface area contributed by atoms with Gasteiger partial charge in [-0.15, -0.1) is 0 Å². The van der Waals surface area contributed by atoms with E-state index in [-0.39, 0.29) is 17.8 Å². The van der Waals surface area contributed by atoms with Gasteiger partial charge >= 0.3 is 5.97 Å². The fourth-order valence-corrected chi connectivity index (χ4v) is 1.72. The van der Waals surface area contributed by atoms with Crippen LogP contribution in [0.1, 0.15) is 24.8 Å². The molecule has 0 unspecified atom stereocenters. The molecule has 0 radical (unpaired) electrons. The molecule has 1 heterocycles. The first-order valence-electron chi connectivity index (χ1n) is 5.01. The largest absolute Gasteiger partial charge is 0.466 e. The summed E-state index contributed by atoms with van der Waals surface area (Å²) in [4.78, 5) is 14.9. The molecule has 1 fully saturated rings. The number of aromatic nitrogens is 1. The van der Waals surface area contributed by atoms with Crippen molar-refractivity contribution in [2.45, 2.75) is 19.3 Å². The fraction of sp³-hybridized carbons (Fsp3) is 0.455. The van der Waals surface area contributed by atoms with Gasteiger partial charge in [-0.05, 0) is 19.4 Å². The molecule has 3 nitrogen and oxygen atoms in total. The lowest BCUT2D eigenvalue weighted by molar-refractivity contribution is -0.144. The molecule has 2 rings (SSSR count). The van der Waals surface area contributed by atoms with E-state index in [1.807, 2.05) is 0 Å². The van der Waals surface area contributed by atoms with E-state index in [1.54, 1.807) is 19.1 Å². The van der Waals surface area contributed by atoms with Crippen molar-refractivity contribution in [3.63, 3.8) is 0 Å². The number of hydrogen-bond acceptors (Lipinski definition) is 3. The van der Waals surface area contributed by atoms with E-state index in [0.29, 0.717) is 18.6 Å². The minimum atomic E-state index is -0.478. The number of rotatable bonds is 3. The fourth-order valence-electron chi connectivity index (χ4n) is 1.72. The van der Waals surface area contributed by atoms with Crippen LogP contribution in [-0.2, 0) is 9.53 Å². The van der Waals surface area contributed by atoms with Gasteiger partial charge in [-0.1, -0.05) is 6.07 Å². The van der Waals surface area contributed by atoms with Crippen molar-refractivity contribution in [2.75, 3.05) is 6.61 Å². The van der Waals surface area contributed by atoms with Crippen LogP contribution in [0.3, 0.4) is 0 Å². The highest BCUT2D eigenvalue weighted by atomic mass is 19.1. The molecule has 4 heteroatoms. The number of carbonyl (C=O) groups excluding carboxylic acids is 1. The van der Waals surface area contributed by atoms with Gasteiger partial charge in [0.15, 0.2) is 0 Å². The van der Waals surface area contributed by atoms with Crippen LogP contribution >= 0.6 is 0 Å². The molecule has 0 N–H and O–H groups in total. The van der Waals surface area contributed by atoms with Crippen LogP contribution in [0.25, 0.3) is 0 Å². The van der Waals surface area contributed by atoms with Crippen LogP contribution in [0.2, 0.25) is 0 Å². The van der Waals surface area contributed by atoms with Crippen molar-refractivity contribution >= 4 is 5.97 Å². The molecule has 1 aromatic rings. The molecule has 0 bridgehead atoms. The van der Waals surface area contributed by atoms with Crippen LogP contribution in [0, 0.1) is 11.9 Å². The summed E-state index contributed by atoms with van der Waals surface area (Å²) in [5.41, 5.74) is 0.524. The molecule has 80 valence electrons. The van der Waals surface area contributed by atoms with Gasteiger partial charge in [0, 0.05) is 17.7 Å². The first kappa shape index (κ1) is 10.1. The lowest BCUT2D eigenvalue weighted by Gasteiger charge is -2.01. The smallest absolute Gasteiger partial charge is 0.309 e. The maximum Gasteiger partial charge on any atom is 0.309 e. The number of hydrogen-bond donors (Lipinski definition) is 0. The van der Waals surface area contributed by atoms with E-state index in [2.05, 4.69) is 4.98 Å². The summed E-state index contributed by atoms with van der Waals surface area (Å²) < 4.78 is 18.1. The molecule has 1 aliphatic carbocycles. The predicted molar refractivity (Wildman–Crippen MR) is 51.7 cm³/mol. The lowest BCUT2D eigenvalue weighted by Crippen LogP contribution is -2.07. The van der Waals surface area contributed by atoms with Crippen molar-refractivity contribution in [3.8, 4) is 0 Å². The van der Waals surface area contributed by atoms with Gasteiger partial charge in [0.1, 0.15) is 0 Å². The highest BCUT2D eigenvalue weighted by molar-refractivity contribution is 5.77. The Kier molecular flexibility index (Phi) is 2.66. The van der Waals surface area contributed by atoms with E-state index in [4.69, 9.17) is 4.74 Å². The molecule has 1 saturated carbocycles.